The molecule has 0 heteroatoms. The van der Waals surface area contributed by atoms with Gasteiger partial charge >= 0.3 is 0 Å². The summed E-state index contributed by atoms with van der Waals surface area (Å²) in [5.74, 6) is 0. The van der Waals surface area contributed by atoms with E-state index in [0.29, 0.717) is 0 Å². The van der Waals surface area contributed by atoms with Gasteiger partial charge in [-0.05, 0) is 30.9 Å². The minimum atomic E-state index is 1.22. The Labute approximate surface area is 100 Å². The van der Waals surface area contributed by atoms with Crippen molar-refractivity contribution in [2.24, 2.45) is 0 Å². The number of rotatable bonds is 7. The average Bonchev–Trinajstić information content (AvgIpc) is 2.30. The monoisotopic (exact) mass is 216 g/mol. The minimum absolute atomic E-state index is 1.22. The highest BCUT2D eigenvalue weighted by molar-refractivity contribution is 5.53. The van der Waals surface area contributed by atoms with E-state index in [1.54, 1.807) is 0 Å². The molecule has 0 saturated heterocycles. The minimum Gasteiger partial charge on any atom is -0.0839 e. The van der Waals surface area contributed by atoms with Crippen LogP contribution in [0.5, 0.6) is 0 Å². The van der Waals surface area contributed by atoms with Crippen LogP contribution >= 0.6 is 0 Å². The second-order valence-corrected chi connectivity index (χ2v) is 4.46. The maximum absolute atomic E-state index is 2.31. The third-order valence-electron chi connectivity index (χ3n) is 2.96. The highest BCUT2D eigenvalue weighted by atomic mass is 14.0. The molecule has 1 aromatic rings. The normalized spacial score (nSPS) is 11.1. The van der Waals surface area contributed by atoms with Gasteiger partial charge in [0.2, 0.25) is 0 Å². The zero-order chi connectivity index (χ0) is 11.6. The smallest absolute Gasteiger partial charge is 0.0231 e. The molecule has 0 N–H and O–H groups in total. The maximum Gasteiger partial charge on any atom is -0.0231 e. The lowest BCUT2D eigenvalue weighted by molar-refractivity contribution is 0.638. The molecule has 0 saturated carbocycles. The fraction of sp³-hybridized carbons (Fsp3) is 0.500. The molecule has 88 valence electrons. The van der Waals surface area contributed by atoms with E-state index >= 15 is 0 Å². The van der Waals surface area contributed by atoms with Crippen molar-refractivity contribution in [1.82, 2.24) is 0 Å². The summed E-state index contributed by atoms with van der Waals surface area (Å²) in [6.07, 6.45) is 12.6. The highest BCUT2D eigenvalue weighted by Gasteiger charge is 1.90. The first-order chi connectivity index (χ1) is 7.84. The van der Waals surface area contributed by atoms with Gasteiger partial charge in [-0.2, -0.15) is 0 Å². The van der Waals surface area contributed by atoms with Crippen LogP contribution in [-0.2, 0) is 0 Å². The summed E-state index contributed by atoms with van der Waals surface area (Å²) in [4.78, 5) is 0. The molecule has 0 aromatic heterocycles. The van der Waals surface area contributed by atoms with Gasteiger partial charge in [0.05, 0.1) is 0 Å². The molecule has 0 unspecified atom stereocenters. The number of benzene rings is 1. The molecule has 0 amide bonds. The topological polar surface area (TPSA) is 0 Å². The van der Waals surface area contributed by atoms with Crippen LogP contribution in [0.3, 0.4) is 0 Å². The van der Waals surface area contributed by atoms with Gasteiger partial charge in [0, 0.05) is 0 Å². The van der Waals surface area contributed by atoms with E-state index < -0.39 is 0 Å². The SMILES string of the molecule is CCCCCCC/C=C/c1ccccc1C. The molecule has 0 aliphatic carbocycles. The lowest BCUT2D eigenvalue weighted by Crippen LogP contribution is -1.79. The van der Waals surface area contributed by atoms with Crippen molar-refractivity contribution >= 4 is 6.08 Å². The summed E-state index contributed by atoms with van der Waals surface area (Å²) in [7, 11) is 0. The third kappa shape index (κ3) is 5.16. The standard InChI is InChI=1S/C16H24/c1-3-4-5-6-7-8-9-13-16-14-11-10-12-15(16)2/h9-14H,3-8H2,1-2H3/b13-9+. The fourth-order valence-electron chi connectivity index (χ4n) is 1.85. The summed E-state index contributed by atoms with van der Waals surface area (Å²) in [6.45, 7) is 4.43. The van der Waals surface area contributed by atoms with E-state index in [0.717, 1.165) is 0 Å². The van der Waals surface area contributed by atoms with Gasteiger partial charge in [-0.3, -0.25) is 0 Å². The molecule has 0 atom stereocenters. The van der Waals surface area contributed by atoms with Gasteiger partial charge in [-0.15, -0.1) is 0 Å². The molecule has 0 aliphatic rings. The summed E-state index contributed by atoms with van der Waals surface area (Å²) < 4.78 is 0. The number of hydrogen-bond acceptors (Lipinski definition) is 0. The number of unbranched alkanes of at least 4 members (excludes halogenated alkanes) is 5. The second kappa shape index (κ2) is 8.15. The van der Waals surface area contributed by atoms with Crippen LogP contribution in [0.2, 0.25) is 0 Å². The Morgan fingerprint density at radius 3 is 2.50 bits per heavy atom. The van der Waals surface area contributed by atoms with Crippen LogP contribution in [-0.4, -0.2) is 0 Å². The van der Waals surface area contributed by atoms with Crippen LogP contribution < -0.4 is 0 Å². The van der Waals surface area contributed by atoms with Crippen molar-refractivity contribution in [2.75, 3.05) is 0 Å². The molecule has 0 bridgehead atoms. The van der Waals surface area contributed by atoms with Crippen LogP contribution in [0, 0.1) is 6.92 Å². The van der Waals surface area contributed by atoms with E-state index in [9.17, 15) is 0 Å². The molecule has 1 rings (SSSR count). The van der Waals surface area contributed by atoms with Crippen molar-refractivity contribution in [1.29, 1.82) is 0 Å². The summed E-state index contributed by atoms with van der Waals surface area (Å²) in [6, 6.07) is 8.55. The molecule has 1 aromatic carbocycles. The van der Waals surface area contributed by atoms with Gasteiger partial charge in [0.15, 0.2) is 0 Å². The van der Waals surface area contributed by atoms with Gasteiger partial charge in [-0.25, -0.2) is 0 Å². The lowest BCUT2D eigenvalue weighted by Gasteiger charge is -1.99. The first-order valence-corrected chi connectivity index (χ1v) is 6.56. The molecule has 0 radical (unpaired) electrons. The Hall–Kier alpha value is -1.04. The zero-order valence-electron chi connectivity index (χ0n) is 10.7. The van der Waals surface area contributed by atoms with Gasteiger partial charge in [0.1, 0.15) is 0 Å². The second-order valence-electron chi connectivity index (χ2n) is 4.46. The first kappa shape index (κ1) is 13.0. The third-order valence-corrected chi connectivity index (χ3v) is 2.96. The molecule has 16 heavy (non-hydrogen) atoms. The van der Waals surface area contributed by atoms with E-state index in [1.165, 1.54) is 49.7 Å². The largest absolute Gasteiger partial charge is 0.0839 e. The van der Waals surface area contributed by atoms with E-state index in [4.69, 9.17) is 0 Å². The number of hydrogen-bond donors (Lipinski definition) is 0. The molecule has 0 heterocycles. The average molecular weight is 216 g/mol. The molecule has 0 spiro atoms. The van der Waals surface area contributed by atoms with Gasteiger partial charge in [0.25, 0.3) is 0 Å². The van der Waals surface area contributed by atoms with E-state index in [1.807, 2.05) is 0 Å². The van der Waals surface area contributed by atoms with Crippen molar-refractivity contribution in [3.05, 3.63) is 41.5 Å². The molecule has 0 nitrogen and oxygen atoms in total. The quantitative estimate of drug-likeness (QED) is 0.538. The number of aryl methyl sites for hydroxylation is 1. The predicted octanol–water partition coefficient (Wildman–Crippen LogP) is 5.37. The van der Waals surface area contributed by atoms with Crippen molar-refractivity contribution in [3.63, 3.8) is 0 Å². The molecule has 0 fully saturated rings. The van der Waals surface area contributed by atoms with E-state index in [2.05, 4.69) is 50.3 Å². The Bertz CT molecular complexity index is 310. The number of allylic oxidation sites excluding steroid dienone is 1. The summed E-state index contributed by atoms with van der Waals surface area (Å²) in [5, 5.41) is 0. The molecular formula is C16H24. The molecular weight excluding hydrogens is 192 g/mol. The van der Waals surface area contributed by atoms with Crippen LogP contribution in [0.4, 0.5) is 0 Å². The van der Waals surface area contributed by atoms with Crippen LogP contribution in [0.15, 0.2) is 30.3 Å². The van der Waals surface area contributed by atoms with Crippen LogP contribution in [0.25, 0.3) is 6.08 Å². The van der Waals surface area contributed by atoms with Gasteiger partial charge in [-0.1, -0.05) is 69.0 Å². The van der Waals surface area contributed by atoms with Crippen molar-refractivity contribution in [2.45, 2.75) is 52.4 Å². The fourth-order valence-corrected chi connectivity index (χ4v) is 1.85. The Morgan fingerprint density at radius 2 is 1.75 bits per heavy atom. The zero-order valence-corrected chi connectivity index (χ0v) is 10.7. The Morgan fingerprint density at radius 1 is 1.00 bits per heavy atom. The lowest BCUT2D eigenvalue weighted by atomic mass is 10.1. The summed E-state index contributed by atoms with van der Waals surface area (Å²) in [5.41, 5.74) is 2.72. The highest BCUT2D eigenvalue weighted by Crippen LogP contribution is 2.11. The predicted molar refractivity (Wildman–Crippen MR) is 73.6 cm³/mol. The first-order valence-electron chi connectivity index (χ1n) is 6.56. The molecule has 0 aliphatic heterocycles. The maximum atomic E-state index is 2.31. The Balaban J connectivity index is 2.20. The Kier molecular flexibility index (Phi) is 6.64. The summed E-state index contributed by atoms with van der Waals surface area (Å²) >= 11 is 0. The van der Waals surface area contributed by atoms with Crippen LogP contribution in [0.1, 0.15) is 56.6 Å². The van der Waals surface area contributed by atoms with Gasteiger partial charge < -0.3 is 0 Å². The van der Waals surface area contributed by atoms with Crippen molar-refractivity contribution < 1.29 is 0 Å². The van der Waals surface area contributed by atoms with Crippen molar-refractivity contribution in [3.8, 4) is 0 Å². The van der Waals surface area contributed by atoms with E-state index in [-0.39, 0.29) is 0 Å².